The fourth-order valence-electron chi connectivity index (χ4n) is 2.14. The first-order chi connectivity index (χ1) is 4.85. The molecular formula is C9H14O. The molecule has 0 radical (unpaired) electrons. The summed E-state index contributed by atoms with van der Waals surface area (Å²) in [7, 11) is 0. The van der Waals surface area contributed by atoms with Crippen LogP contribution < -0.4 is 0 Å². The molecule has 0 unspecified atom stereocenters. The normalized spacial score (nSPS) is 28.3. The van der Waals surface area contributed by atoms with Crippen molar-refractivity contribution in [2.45, 2.75) is 32.1 Å². The highest BCUT2D eigenvalue weighted by Crippen LogP contribution is 2.50. The maximum Gasteiger partial charge on any atom is 0.0641 e. The van der Waals surface area contributed by atoms with Crippen LogP contribution in [0.2, 0.25) is 0 Å². The summed E-state index contributed by atoms with van der Waals surface area (Å²) in [5, 5.41) is 8.85. The van der Waals surface area contributed by atoms with Crippen LogP contribution in [-0.4, -0.2) is 11.7 Å². The molecule has 10 heavy (non-hydrogen) atoms. The van der Waals surface area contributed by atoms with Crippen LogP contribution in [0.15, 0.2) is 11.6 Å². The molecule has 1 N–H and O–H groups in total. The fraction of sp³-hybridized carbons (Fsp3) is 0.778. The molecule has 2 aliphatic carbocycles. The topological polar surface area (TPSA) is 20.2 Å². The zero-order chi connectivity index (χ0) is 7.03. The highest BCUT2D eigenvalue weighted by molar-refractivity contribution is 5.19. The third-order valence-corrected chi connectivity index (χ3v) is 3.01. The third kappa shape index (κ3) is 0.807. The smallest absolute Gasteiger partial charge is 0.0641 e. The van der Waals surface area contributed by atoms with E-state index in [4.69, 9.17) is 5.11 Å². The molecular weight excluding hydrogens is 124 g/mol. The van der Waals surface area contributed by atoms with Crippen molar-refractivity contribution in [2.24, 2.45) is 5.41 Å². The molecule has 0 aromatic rings. The Hall–Kier alpha value is -0.300. The van der Waals surface area contributed by atoms with E-state index in [0.717, 1.165) is 6.42 Å². The molecule has 0 aromatic heterocycles. The summed E-state index contributed by atoms with van der Waals surface area (Å²) in [5.41, 5.74) is 1.85. The molecule has 1 saturated carbocycles. The number of aliphatic hydroxyl groups excluding tert-OH is 1. The Bertz CT molecular complexity index is 166. The van der Waals surface area contributed by atoms with E-state index >= 15 is 0 Å². The minimum absolute atomic E-state index is 0.293. The molecule has 0 bridgehead atoms. The molecule has 0 atom stereocenters. The summed E-state index contributed by atoms with van der Waals surface area (Å²) in [5.74, 6) is 0. The van der Waals surface area contributed by atoms with Crippen LogP contribution in [-0.2, 0) is 0 Å². The second-order valence-electron chi connectivity index (χ2n) is 3.68. The van der Waals surface area contributed by atoms with Crippen LogP contribution in [0.25, 0.3) is 0 Å². The van der Waals surface area contributed by atoms with E-state index in [1.807, 2.05) is 0 Å². The van der Waals surface area contributed by atoms with Gasteiger partial charge in [-0.3, -0.25) is 0 Å². The van der Waals surface area contributed by atoms with Crippen LogP contribution in [0.5, 0.6) is 0 Å². The molecule has 56 valence electrons. The van der Waals surface area contributed by atoms with Gasteiger partial charge in [-0.25, -0.2) is 0 Å². The van der Waals surface area contributed by atoms with Crippen molar-refractivity contribution in [1.29, 1.82) is 0 Å². The Morgan fingerprint density at radius 1 is 1.40 bits per heavy atom. The molecule has 2 aliphatic rings. The van der Waals surface area contributed by atoms with Crippen LogP contribution in [0, 0.1) is 5.41 Å². The first kappa shape index (κ1) is 6.41. The largest absolute Gasteiger partial charge is 0.392 e. The molecule has 0 heterocycles. The number of allylic oxidation sites excluding steroid dienone is 1. The lowest BCUT2D eigenvalue weighted by molar-refractivity contribution is 0.202. The molecule has 2 rings (SSSR count). The van der Waals surface area contributed by atoms with E-state index < -0.39 is 0 Å². The van der Waals surface area contributed by atoms with Gasteiger partial charge in [0.2, 0.25) is 0 Å². The van der Waals surface area contributed by atoms with Gasteiger partial charge in [-0.05, 0) is 36.7 Å². The highest BCUT2D eigenvalue weighted by atomic mass is 16.3. The van der Waals surface area contributed by atoms with Crippen LogP contribution in [0.1, 0.15) is 32.1 Å². The van der Waals surface area contributed by atoms with Gasteiger partial charge in [-0.2, -0.15) is 0 Å². The van der Waals surface area contributed by atoms with Crippen LogP contribution in [0.3, 0.4) is 0 Å². The third-order valence-electron chi connectivity index (χ3n) is 3.01. The second kappa shape index (κ2) is 2.09. The van der Waals surface area contributed by atoms with Gasteiger partial charge in [-0.1, -0.05) is 12.5 Å². The van der Waals surface area contributed by atoms with Crippen molar-refractivity contribution in [3.8, 4) is 0 Å². The molecule has 1 spiro atoms. The van der Waals surface area contributed by atoms with Gasteiger partial charge in [0.15, 0.2) is 0 Å². The highest BCUT2D eigenvalue weighted by Gasteiger charge is 2.37. The number of aliphatic hydroxyl groups is 1. The van der Waals surface area contributed by atoms with Crippen molar-refractivity contribution in [3.05, 3.63) is 11.6 Å². The van der Waals surface area contributed by atoms with Crippen molar-refractivity contribution >= 4 is 0 Å². The Balaban J connectivity index is 2.08. The standard InChI is InChI=1S/C9H14O/c10-7-8-2-5-9(6-8)3-1-4-9/h6,10H,1-5,7H2. The lowest BCUT2D eigenvalue weighted by Gasteiger charge is -2.36. The minimum atomic E-state index is 0.293. The quantitative estimate of drug-likeness (QED) is 0.548. The van der Waals surface area contributed by atoms with Gasteiger partial charge in [0.1, 0.15) is 0 Å². The average molecular weight is 138 g/mol. The van der Waals surface area contributed by atoms with Gasteiger partial charge in [0, 0.05) is 0 Å². The predicted molar refractivity (Wildman–Crippen MR) is 40.7 cm³/mol. The number of rotatable bonds is 1. The minimum Gasteiger partial charge on any atom is -0.392 e. The molecule has 0 aliphatic heterocycles. The van der Waals surface area contributed by atoms with E-state index in [0.29, 0.717) is 12.0 Å². The zero-order valence-corrected chi connectivity index (χ0v) is 6.27. The first-order valence-electron chi connectivity index (χ1n) is 4.16. The Labute approximate surface area is 61.8 Å². The second-order valence-corrected chi connectivity index (χ2v) is 3.68. The van der Waals surface area contributed by atoms with E-state index in [9.17, 15) is 0 Å². The lowest BCUT2D eigenvalue weighted by Crippen LogP contribution is -2.23. The molecule has 0 amide bonds. The maximum absolute atomic E-state index is 8.85. The van der Waals surface area contributed by atoms with Gasteiger partial charge in [-0.15, -0.1) is 0 Å². The summed E-state index contributed by atoms with van der Waals surface area (Å²) in [6.45, 7) is 0.293. The van der Waals surface area contributed by atoms with Crippen LogP contribution in [0.4, 0.5) is 0 Å². The van der Waals surface area contributed by atoms with Crippen molar-refractivity contribution in [3.63, 3.8) is 0 Å². The summed E-state index contributed by atoms with van der Waals surface area (Å²) in [6, 6.07) is 0. The van der Waals surface area contributed by atoms with E-state index in [-0.39, 0.29) is 0 Å². The van der Waals surface area contributed by atoms with E-state index in [2.05, 4.69) is 6.08 Å². The average Bonchev–Trinajstić information content (AvgIpc) is 2.29. The van der Waals surface area contributed by atoms with Gasteiger partial charge in [0.05, 0.1) is 6.61 Å². The number of hydrogen-bond donors (Lipinski definition) is 1. The fourth-order valence-corrected chi connectivity index (χ4v) is 2.14. The summed E-state index contributed by atoms with van der Waals surface area (Å²) in [4.78, 5) is 0. The van der Waals surface area contributed by atoms with Crippen molar-refractivity contribution in [1.82, 2.24) is 0 Å². The van der Waals surface area contributed by atoms with Gasteiger partial charge in [0.25, 0.3) is 0 Å². The molecule has 0 saturated heterocycles. The summed E-state index contributed by atoms with van der Waals surface area (Å²) >= 11 is 0. The molecule has 1 nitrogen and oxygen atoms in total. The Morgan fingerprint density at radius 2 is 2.20 bits per heavy atom. The lowest BCUT2D eigenvalue weighted by atomic mass is 9.69. The summed E-state index contributed by atoms with van der Waals surface area (Å²) in [6.07, 6.45) is 8.93. The molecule has 0 aromatic carbocycles. The number of hydrogen-bond acceptors (Lipinski definition) is 1. The van der Waals surface area contributed by atoms with E-state index in [1.165, 1.54) is 31.3 Å². The SMILES string of the molecule is OCC1=CC2(CCC2)CC1. The Morgan fingerprint density at radius 3 is 2.50 bits per heavy atom. The van der Waals surface area contributed by atoms with Gasteiger partial charge >= 0.3 is 0 Å². The van der Waals surface area contributed by atoms with Crippen LogP contribution >= 0.6 is 0 Å². The zero-order valence-electron chi connectivity index (χ0n) is 6.27. The van der Waals surface area contributed by atoms with E-state index in [1.54, 1.807) is 0 Å². The predicted octanol–water partition coefficient (Wildman–Crippen LogP) is 1.87. The Kier molecular flexibility index (Phi) is 1.34. The first-order valence-corrected chi connectivity index (χ1v) is 4.16. The summed E-state index contributed by atoms with van der Waals surface area (Å²) < 4.78 is 0. The van der Waals surface area contributed by atoms with Crippen molar-refractivity contribution < 1.29 is 5.11 Å². The van der Waals surface area contributed by atoms with Crippen molar-refractivity contribution in [2.75, 3.05) is 6.61 Å². The molecule has 1 fully saturated rings. The van der Waals surface area contributed by atoms with Gasteiger partial charge < -0.3 is 5.11 Å². The molecule has 1 heteroatoms. The maximum atomic E-state index is 8.85. The monoisotopic (exact) mass is 138 g/mol.